The van der Waals surface area contributed by atoms with E-state index in [-0.39, 0.29) is 56.2 Å². The lowest BCUT2D eigenvalue weighted by Crippen LogP contribution is -2.01. The highest BCUT2D eigenvalue weighted by molar-refractivity contribution is 6.33. The Labute approximate surface area is 379 Å². The summed E-state index contributed by atoms with van der Waals surface area (Å²) in [6, 6.07) is 44.8. The fourth-order valence-corrected chi connectivity index (χ4v) is 7.02. The number of benzene rings is 8. The van der Waals surface area contributed by atoms with Crippen molar-refractivity contribution in [1.82, 2.24) is 29.9 Å². The zero-order chi connectivity index (χ0) is 45.3. The second kappa shape index (κ2) is 19.8. The Morgan fingerprint density at radius 1 is 0.281 bits per heavy atom. The molecule has 0 aliphatic rings. The van der Waals surface area contributed by atoms with Gasteiger partial charge in [0.05, 0.1) is 5.56 Å². The average Bonchev–Trinajstić information content (AvgIpc) is 3.27. The lowest BCUT2D eigenvalue weighted by molar-refractivity contribution is 0.450. The summed E-state index contributed by atoms with van der Waals surface area (Å²) < 4.78 is 0. The number of hydrogen-bond acceptors (Lipinski definition) is 13. The Kier molecular flexibility index (Phi) is 13.7. The molecule has 318 valence electrons. The van der Waals surface area contributed by atoms with E-state index in [1.807, 2.05) is 84.9 Å². The normalized spacial score (nSPS) is 10.5. The molecule has 10 aromatic rings. The van der Waals surface area contributed by atoms with Crippen molar-refractivity contribution in [1.29, 1.82) is 0 Å². The van der Waals surface area contributed by atoms with E-state index in [1.54, 1.807) is 36.4 Å². The molecule has 0 atom stereocenters. The standard InChI is InChI=1S/C29H19N3O4.C10H8O.C6H6O2.C3Cl3N3/c33-16-9-10-23(26(36)15-16)29-31-27(21-11-13-24(34)19-7-3-1-5-17(19)21)30-28(32-29)22-12-14-25(35)20-8-4-2-6-18(20)22;11-10-7-3-5-8-4-1-2-6-9(8)10;7-5-2-1-3-6(8)4-5;4-1-7-2(5)9-3(6)8-1/h1-15,33-36H;1-7,11H;1-4,7-8H;. The third-order valence-electron chi connectivity index (χ3n) is 9.29. The molecule has 7 N–H and O–H groups in total. The highest BCUT2D eigenvalue weighted by Crippen LogP contribution is 2.38. The largest absolute Gasteiger partial charge is 0.508 e. The molecule has 0 saturated carbocycles. The van der Waals surface area contributed by atoms with Crippen LogP contribution in [-0.2, 0) is 0 Å². The van der Waals surface area contributed by atoms with Gasteiger partial charge in [-0.1, -0.05) is 91.0 Å². The van der Waals surface area contributed by atoms with E-state index in [0.717, 1.165) is 21.5 Å². The molecule has 2 aromatic heterocycles. The molecule has 0 aliphatic carbocycles. The number of phenolic OH excluding ortho intramolecular Hbond substituents is 7. The molecule has 0 saturated heterocycles. The van der Waals surface area contributed by atoms with Crippen LogP contribution in [-0.4, -0.2) is 65.6 Å². The fraction of sp³-hybridized carbons (Fsp3) is 0. The van der Waals surface area contributed by atoms with Gasteiger partial charge in [-0.3, -0.25) is 0 Å². The first kappa shape index (κ1) is 44.1. The van der Waals surface area contributed by atoms with Gasteiger partial charge in [-0.15, -0.1) is 0 Å². The summed E-state index contributed by atoms with van der Waals surface area (Å²) in [4.78, 5) is 24.5. The van der Waals surface area contributed by atoms with Gasteiger partial charge in [0.15, 0.2) is 17.5 Å². The second-order valence-corrected chi connectivity index (χ2v) is 14.5. The number of fused-ring (bicyclic) bond motifs is 3. The second-order valence-electron chi connectivity index (χ2n) is 13.5. The topological polar surface area (TPSA) is 219 Å². The molecule has 8 aromatic carbocycles. The average molecular weight is 912 g/mol. The van der Waals surface area contributed by atoms with E-state index in [4.69, 9.17) is 50.0 Å². The maximum atomic E-state index is 10.6. The van der Waals surface area contributed by atoms with Gasteiger partial charge >= 0.3 is 0 Å². The first-order chi connectivity index (χ1) is 30.8. The monoisotopic (exact) mass is 910 g/mol. The van der Waals surface area contributed by atoms with Crippen molar-refractivity contribution in [2.75, 3.05) is 0 Å². The van der Waals surface area contributed by atoms with Gasteiger partial charge in [-0.25, -0.2) is 15.0 Å². The van der Waals surface area contributed by atoms with Crippen LogP contribution < -0.4 is 0 Å². The SMILES string of the molecule is Clc1nc(Cl)nc(Cl)n1.Oc1ccc(-c2nc(-c3ccc(O)c4ccccc34)nc(-c3ccc(O)c4ccccc34)n2)c(O)c1.Oc1cccc(O)c1.Oc1cccc2ccccc12. The van der Waals surface area contributed by atoms with Crippen molar-refractivity contribution in [3.8, 4) is 74.4 Å². The summed E-state index contributed by atoms with van der Waals surface area (Å²) in [6.45, 7) is 0. The van der Waals surface area contributed by atoms with Crippen LogP contribution in [0.3, 0.4) is 0 Å². The molecule has 0 aliphatic heterocycles. The van der Waals surface area contributed by atoms with E-state index in [1.165, 1.54) is 36.4 Å². The van der Waals surface area contributed by atoms with Gasteiger partial charge in [0.25, 0.3) is 0 Å². The highest BCUT2D eigenvalue weighted by atomic mass is 35.5. The summed E-state index contributed by atoms with van der Waals surface area (Å²) in [7, 11) is 0. The summed E-state index contributed by atoms with van der Waals surface area (Å²) in [5.74, 6) is 1.45. The molecule has 0 fully saturated rings. The molecule has 64 heavy (non-hydrogen) atoms. The molecule has 13 nitrogen and oxygen atoms in total. The summed E-state index contributed by atoms with van der Waals surface area (Å²) in [5, 5.41) is 72.6. The molecule has 2 heterocycles. The molecule has 0 spiro atoms. The maximum absolute atomic E-state index is 10.6. The predicted molar refractivity (Wildman–Crippen MR) is 248 cm³/mol. The van der Waals surface area contributed by atoms with Crippen LogP contribution in [0.25, 0.3) is 66.5 Å². The van der Waals surface area contributed by atoms with E-state index < -0.39 is 0 Å². The minimum absolute atomic E-state index is 0.000000000000000444. The van der Waals surface area contributed by atoms with Gasteiger partial charge < -0.3 is 35.7 Å². The van der Waals surface area contributed by atoms with Crippen LogP contribution in [0.2, 0.25) is 15.9 Å². The molecular weight excluding hydrogens is 879 g/mol. The van der Waals surface area contributed by atoms with E-state index in [9.17, 15) is 25.5 Å². The Morgan fingerprint density at radius 3 is 1.11 bits per heavy atom. The number of phenols is 7. The van der Waals surface area contributed by atoms with E-state index in [0.29, 0.717) is 44.9 Å². The maximum Gasteiger partial charge on any atom is 0.227 e. The molecule has 0 radical (unpaired) electrons. The fourth-order valence-electron chi connectivity index (χ4n) is 6.41. The van der Waals surface area contributed by atoms with Crippen LogP contribution in [0.15, 0.2) is 158 Å². The van der Waals surface area contributed by atoms with Gasteiger partial charge in [0.1, 0.15) is 40.2 Å². The van der Waals surface area contributed by atoms with Crippen molar-refractivity contribution in [3.05, 3.63) is 174 Å². The van der Waals surface area contributed by atoms with Crippen molar-refractivity contribution in [2.24, 2.45) is 0 Å². The quantitative estimate of drug-likeness (QED) is 0.0878. The number of nitrogens with zero attached hydrogens (tertiary/aromatic N) is 6. The molecule has 0 bridgehead atoms. The number of aromatic hydroxyl groups is 7. The predicted octanol–water partition coefficient (Wildman–Crippen LogP) is 11.5. The zero-order valence-electron chi connectivity index (χ0n) is 33.0. The number of hydrogen-bond donors (Lipinski definition) is 7. The minimum atomic E-state index is -0.177. The van der Waals surface area contributed by atoms with E-state index >= 15 is 0 Å². The van der Waals surface area contributed by atoms with Gasteiger partial charge in [-0.2, -0.15) is 15.0 Å². The van der Waals surface area contributed by atoms with Crippen molar-refractivity contribution in [3.63, 3.8) is 0 Å². The van der Waals surface area contributed by atoms with Gasteiger partial charge in [0, 0.05) is 39.4 Å². The number of aromatic nitrogens is 6. The Morgan fingerprint density at radius 2 is 0.656 bits per heavy atom. The molecule has 16 heteroatoms. The van der Waals surface area contributed by atoms with Crippen LogP contribution >= 0.6 is 34.8 Å². The first-order valence-electron chi connectivity index (χ1n) is 18.9. The van der Waals surface area contributed by atoms with Crippen molar-refractivity contribution < 1.29 is 35.7 Å². The van der Waals surface area contributed by atoms with Crippen molar-refractivity contribution >= 4 is 67.1 Å². The summed E-state index contributed by atoms with van der Waals surface area (Å²) in [5.41, 5.74) is 1.67. The molecule has 0 amide bonds. The van der Waals surface area contributed by atoms with Crippen LogP contribution in [0.5, 0.6) is 40.2 Å². The third-order valence-corrected chi connectivity index (χ3v) is 9.80. The van der Waals surface area contributed by atoms with Gasteiger partial charge in [-0.05, 0) is 106 Å². The highest BCUT2D eigenvalue weighted by Gasteiger charge is 2.19. The minimum Gasteiger partial charge on any atom is -0.508 e. The van der Waals surface area contributed by atoms with Crippen LogP contribution in [0.1, 0.15) is 0 Å². The smallest absolute Gasteiger partial charge is 0.227 e. The van der Waals surface area contributed by atoms with Gasteiger partial charge in [0.2, 0.25) is 15.9 Å². The number of halogens is 3. The van der Waals surface area contributed by atoms with E-state index in [2.05, 4.69) is 24.9 Å². The Bertz CT molecular complexity index is 3110. The summed E-state index contributed by atoms with van der Waals surface area (Å²) in [6.07, 6.45) is 0. The van der Waals surface area contributed by atoms with Crippen LogP contribution in [0.4, 0.5) is 0 Å². The lowest BCUT2D eigenvalue weighted by Gasteiger charge is -2.13. The Balaban J connectivity index is 0.000000175. The first-order valence-corrected chi connectivity index (χ1v) is 20.1. The van der Waals surface area contributed by atoms with Crippen molar-refractivity contribution in [2.45, 2.75) is 0 Å². The molecular formula is C48H33Cl3N6O7. The zero-order valence-corrected chi connectivity index (χ0v) is 35.2. The number of rotatable bonds is 3. The molecule has 10 rings (SSSR count). The molecule has 0 unspecified atom stereocenters. The lowest BCUT2D eigenvalue weighted by atomic mass is 10.0. The summed E-state index contributed by atoms with van der Waals surface area (Å²) >= 11 is 16.0. The third kappa shape index (κ3) is 10.5. The van der Waals surface area contributed by atoms with Crippen LogP contribution in [0, 0.1) is 0 Å². The Hall–Kier alpha value is -7.97.